The first-order chi connectivity index (χ1) is 16.6. The maximum Gasteiger partial charge on any atom is 0.252 e. The van der Waals surface area contributed by atoms with E-state index < -0.39 is 0 Å². The van der Waals surface area contributed by atoms with Gasteiger partial charge in [0, 0.05) is 29.1 Å². The Hall–Kier alpha value is -4.52. The van der Waals surface area contributed by atoms with Crippen LogP contribution in [0, 0.1) is 0 Å². The van der Waals surface area contributed by atoms with Crippen molar-refractivity contribution in [2.24, 2.45) is 0 Å². The lowest BCUT2D eigenvalue weighted by molar-refractivity contribution is 0.0943. The number of nitrogens with one attached hydrogen (secondary N) is 3. The van der Waals surface area contributed by atoms with Crippen LogP contribution in [0.25, 0.3) is 33.5 Å². The minimum atomic E-state index is -0.339. The van der Waals surface area contributed by atoms with Crippen molar-refractivity contribution in [2.45, 2.75) is 19.4 Å². The van der Waals surface area contributed by atoms with E-state index in [1.165, 1.54) is 6.07 Å². The number of benzene rings is 2. The Morgan fingerprint density at radius 2 is 1.82 bits per heavy atom. The molecule has 6 rings (SSSR count). The van der Waals surface area contributed by atoms with Crippen molar-refractivity contribution in [1.82, 2.24) is 25.3 Å². The zero-order valence-corrected chi connectivity index (χ0v) is 18.4. The Balaban J connectivity index is 1.46. The fourth-order valence-electron chi connectivity index (χ4n) is 4.73. The average molecular weight is 447 g/mol. The summed E-state index contributed by atoms with van der Waals surface area (Å²) < 4.78 is 0. The lowest BCUT2D eigenvalue weighted by Crippen LogP contribution is -2.29. The van der Waals surface area contributed by atoms with Crippen molar-refractivity contribution >= 4 is 16.9 Å². The van der Waals surface area contributed by atoms with Gasteiger partial charge in [0.05, 0.1) is 23.3 Å². The van der Waals surface area contributed by atoms with Gasteiger partial charge in [-0.1, -0.05) is 49.4 Å². The van der Waals surface area contributed by atoms with Gasteiger partial charge in [-0.25, -0.2) is 4.98 Å². The second-order valence-corrected chi connectivity index (χ2v) is 8.35. The number of fused-ring (bicyclic) bond motifs is 4. The number of pyridine rings is 2. The number of H-pyrrole nitrogens is 2. The second kappa shape index (κ2) is 7.81. The van der Waals surface area contributed by atoms with Gasteiger partial charge in [-0.15, -0.1) is 0 Å². The van der Waals surface area contributed by atoms with Gasteiger partial charge in [0.1, 0.15) is 5.82 Å². The predicted molar refractivity (Wildman–Crippen MR) is 131 cm³/mol. The van der Waals surface area contributed by atoms with Crippen LogP contribution >= 0.6 is 0 Å². The molecule has 1 aliphatic carbocycles. The number of nitrogens with zero attached hydrogens (tertiary/aromatic N) is 2. The molecular formula is C27H21N5O2. The molecule has 7 heteroatoms. The summed E-state index contributed by atoms with van der Waals surface area (Å²) in [6.45, 7) is 1.94. The molecule has 0 radical (unpaired) electrons. The van der Waals surface area contributed by atoms with Crippen LogP contribution in [0.4, 0.5) is 0 Å². The van der Waals surface area contributed by atoms with Crippen LogP contribution in [-0.4, -0.2) is 25.8 Å². The van der Waals surface area contributed by atoms with E-state index in [9.17, 15) is 9.59 Å². The molecule has 1 aliphatic rings. The van der Waals surface area contributed by atoms with Gasteiger partial charge >= 0.3 is 0 Å². The van der Waals surface area contributed by atoms with Crippen LogP contribution in [0.3, 0.4) is 0 Å². The number of aryl methyl sites for hydroxylation is 1. The molecule has 3 aromatic heterocycles. The summed E-state index contributed by atoms with van der Waals surface area (Å²) in [5.41, 5.74) is 7.57. The third kappa shape index (κ3) is 3.21. The van der Waals surface area contributed by atoms with Crippen LogP contribution in [0.5, 0.6) is 0 Å². The van der Waals surface area contributed by atoms with Gasteiger partial charge < -0.3 is 15.3 Å². The summed E-state index contributed by atoms with van der Waals surface area (Å²) in [5.74, 6) is 0.470. The molecule has 5 aromatic rings. The van der Waals surface area contributed by atoms with Crippen molar-refractivity contribution in [3.05, 3.63) is 106 Å². The van der Waals surface area contributed by atoms with Crippen LogP contribution < -0.4 is 10.9 Å². The average Bonchev–Trinajstić information content (AvgIpc) is 3.43. The van der Waals surface area contributed by atoms with E-state index >= 15 is 0 Å². The number of carbonyl (C=O) groups excluding carboxylic acids is 1. The highest BCUT2D eigenvalue weighted by molar-refractivity contribution is 5.97. The number of aromatic nitrogens is 4. The number of hydrogen-bond acceptors (Lipinski definition) is 4. The monoisotopic (exact) mass is 447 g/mol. The summed E-state index contributed by atoms with van der Waals surface area (Å²) in [6.07, 6.45) is 4.13. The molecule has 0 aliphatic heterocycles. The van der Waals surface area contributed by atoms with Gasteiger partial charge in [0.25, 0.3) is 5.91 Å². The predicted octanol–water partition coefficient (Wildman–Crippen LogP) is 4.38. The van der Waals surface area contributed by atoms with Crippen molar-refractivity contribution in [3.8, 4) is 22.5 Å². The molecular weight excluding hydrogens is 426 g/mol. The van der Waals surface area contributed by atoms with E-state index in [1.807, 2.05) is 49.4 Å². The van der Waals surface area contributed by atoms with E-state index in [-0.39, 0.29) is 17.5 Å². The molecule has 34 heavy (non-hydrogen) atoms. The van der Waals surface area contributed by atoms with Crippen molar-refractivity contribution < 1.29 is 4.79 Å². The summed E-state index contributed by atoms with van der Waals surface area (Å²) in [4.78, 5) is 40.3. The number of amides is 1. The lowest BCUT2D eigenvalue weighted by Gasteiger charge is -2.16. The third-order valence-electron chi connectivity index (χ3n) is 6.31. The fourth-order valence-corrected chi connectivity index (χ4v) is 4.73. The largest absolute Gasteiger partial charge is 0.341 e. The molecule has 7 nitrogen and oxygen atoms in total. The Morgan fingerprint density at radius 1 is 1.00 bits per heavy atom. The molecule has 3 N–H and O–H groups in total. The summed E-state index contributed by atoms with van der Waals surface area (Å²) >= 11 is 0. The first kappa shape index (κ1) is 20.1. The number of aromatic amines is 2. The minimum Gasteiger partial charge on any atom is -0.341 e. The van der Waals surface area contributed by atoms with E-state index in [2.05, 4.69) is 26.3 Å². The van der Waals surface area contributed by atoms with Crippen molar-refractivity contribution in [1.29, 1.82) is 0 Å². The second-order valence-electron chi connectivity index (χ2n) is 8.35. The first-order valence-electron chi connectivity index (χ1n) is 11.2. The van der Waals surface area contributed by atoms with Gasteiger partial charge in [-0.3, -0.25) is 14.6 Å². The molecule has 1 amide bonds. The van der Waals surface area contributed by atoms with Crippen LogP contribution in [-0.2, 0) is 6.42 Å². The van der Waals surface area contributed by atoms with Crippen LogP contribution in [0.2, 0.25) is 0 Å². The minimum absolute atomic E-state index is 0.279. The zero-order valence-electron chi connectivity index (χ0n) is 18.4. The van der Waals surface area contributed by atoms with Crippen molar-refractivity contribution in [2.75, 3.05) is 0 Å². The number of hydrogen-bond donors (Lipinski definition) is 3. The quantitative estimate of drug-likeness (QED) is 0.380. The molecule has 0 fully saturated rings. The van der Waals surface area contributed by atoms with E-state index in [4.69, 9.17) is 4.98 Å². The number of carbonyl (C=O) groups is 1. The number of rotatable bonds is 4. The summed E-state index contributed by atoms with van der Waals surface area (Å²) in [6, 6.07) is 18.7. The molecule has 0 saturated heterocycles. The molecule has 3 heterocycles. The standard InChI is InChI=1S/C27H21N5O2/c1-2-16-12-15(13-23(33)29-16)27(34)32-25-18-7-4-3-6-17(18)24-19(25)8-5-9-20(24)26-30-21-10-11-28-14-22(21)31-26/h3-14,25H,2H2,1H3,(H,29,33)(H,30,31)(H,32,34)/t25-/m1/s1. The van der Waals surface area contributed by atoms with Gasteiger partial charge in [-0.05, 0) is 40.8 Å². The van der Waals surface area contributed by atoms with Crippen molar-refractivity contribution in [3.63, 3.8) is 0 Å². The maximum atomic E-state index is 13.2. The van der Waals surface area contributed by atoms with Crippen LogP contribution in [0.1, 0.15) is 40.1 Å². The SMILES string of the molecule is CCc1cc(C(=O)N[C@@H]2c3ccccc3-c3c(-c4nc5ccncc5[nH]4)cccc32)cc(=O)[nH]1. The molecule has 166 valence electrons. The van der Waals surface area contributed by atoms with E-state index in [1.54, 1.807) is 18.5 Å². The Kier molecular flexibility index (Phi) is 4.62. The summed E-state index contributed by atoms with van der Waals surface area (Å²) in [5, 5.41) is 3.16. The summed E-state index contributed by atoms with van der Waals surface area (Å²) in [7, 11) is 0. The third-order valence-corrected chi connectivity index (χ3v) is 6.31. The Morgan fingerprint density at radius 3 is 2.68 bits per heavy atom. The number of imidazole rings is 1. The highest BCUT2D eigenvalue weighted by atomic mass is 16.2. The molecule has 0 unspecified atom stereocenters. The topological polar surface area (TPSA) is 104 Å². The van der Waals surface area contributed by atoms with Crippen LogP contribution in [0.15, 0.2) is 77.9 Å². The van der Waals surface area contributed by atoms with Gasteiger partial charge in [-0.2, -0.15) is 0 Å². The van der Waals surface area contributed by atoms with Gasteiger partial charge in [0.15, 0.2) is 0 Å². The Bertz CT molecular complexity index is 1600. The maximum absolute atomic E-state index is 13.2. The molecule has 2 aromatic carbocycles. The smallest absolute Gasteiger partial charge is 0.252 e. The molecule has 0 bridgehead atoms. The normalized spacial score (nSPS) is 14.1. The molecule has 1 atom stereocenters. The molecule has 0 spiro atoms. The highest BCUT2D eigenvalue weighted by Gasteiger charge is 2.32. The van der Waals surface area contributed by atoms with E-state index in [0.29, 0.717) is 12.0 Å². The highest BCUT2D eigenvalue weighted by Crippen LogP contribution is 2.47. The lowest BCUT2D eigenvalue weighted by atomic mass is 9.98. The Labute approximate surface area is 194 Å². The molecule has 0 saturated carbocycles. The van der Waals surface area contributed by atoms with Gasteiger partial charge in [0.2, 0.25) is 5.56 Å². The van der Waals surface area contributed by atoms with E-state index in [0.717, 1.165) is 50.4 Å². The zero-order chi connectivity index (χ0) is 23.2. The first-order valence-corrected chi connectivity index (χ1v) is 11.2. The fraction of sp³-hybridized carbons (Fsp3) is 0.111.